The first-order valence-electron chi connectivity index (χ1n) is 11.5. The molecule has 5 nitrogen and oxygen atoms in total. The molecular weight excluding hydrogens is 457 g/mol. The minimum atomic E-state index is -0.487. The summed E-state index contributed by atoms with van der Waals surface area (Å²) in [5.74, 6) is -0.0859. The molecule has 0 fully saturated rings. The second-order valence-corrected chi connectivity index (χ2v) is 9.22. The van der Waals surface area contributed by atoms with Gasteiger partial charge in [-0.05, 0) is 49.4 Å². The van der Waals surface area contributed by atoms with Crippen molar-refractivity contribution in [2.75, 3.05) is 7.11 Å². The first-order chi connectivity index (χ1) is 16.5. The number of ether oxygens (including phenoxy) is 2. The number of hydrogen-bond donors (Lipinski definition) is 1. The molecule has 2 aromatic rings. The van der Waals surface area contributed by atoms with Crippen molar-refractivity contribution in [3.05, 3.63) is 80.9 Å². The van der Waals surface area contributed by atoms with Gasteiger partial charge in [0.05, 0.1) is 12.1 Å². The van der Waals surface area contributed by atoms with Crippen LogP contribution in [0.5, 0.6) is 11.5 Å². The lowest BCUT2D eigenvalue weighted by Gasteiger charge is -2.37. The van der Waals surface area contributed by atoms with E-state index in [1.807, 2.05) is 0 Å². The largest absolute Gasteiger partial charge is 0.493 e. The highest BCUT2D eigenvalue weighted by Gasteiger charge is 2.40. The van der Waals surface area contributed by atoms with E-state index >= 15 is 0 Å². The molecule has 0 saturated heterocycles. The first-order valence-corrected chi connectivity index (χ1v) is 11.9. The predicted octanol–water partition coefficient (Wildman–Crippen LogP) is 5.77. The van der Waals surface area contributed by atoms with Crippen LogP contribution in [-0.4, -0.2) is 18.7 Å². The van der Waals surface area contributed by atoms with Crippen molar-refractivity contribution >= 4 is 23.2 Å². The lowest BCUT2D eigenvalue weighted by Crippen LogP contribution is -2.36. The van der Waals surface area contributed by atoms with Crippen LogP contribution in [0.3, 0.4) is 0 Å². The number of carbonyl (C=O) groups excluding carboxylic acids is 2. The molecule has 0 saturated carbocycles. The third-order valence-electron chi connectivity index (χ3n) is 6.71. The molecule has 2 aromatic carbocycles. The van der Waals surface area contributed by atoms with E-state index in [2.05, 4.69) is 5.32 Å². The highest BCUT2D eigenvalue weighted by molar-refractivity contribution is 6.32. The molecule has 0 radical (unpaired) electrons. The first kappa shape index (κ1) is 22.7. The zero-order valence-corrected chi connectivity index (χ0v) is 19.6. The Balaban J connectivity index is 1.57. The summed E-state index contributed by atoms with van der Waals surface area (Å²) in [5.41, 5.74) is 4.23. The summed E-state index contributed by atoms with van der Waals surface area (Å²) in [6, 6.07) is 9.87. The van der Waals surface area contributed by atoms with Gasteiger partial charge in [-0.1, -0.05) is 29.8 Å². The van der Waals surface area contributed by atoms with E-state index in [9.17, 15) is 14.0 Å². The van der Waals surface area contributed by atoms with Gasteiger partial charge in [0.25, 0.3) is 0 Å². The van der Waals surface area contributed by atoms with Crippen LogP contribution in [0.1, 0.15) is 55.6 Å². The SMILES string of the molecule is COc1cc(C2C3=C(CCCC3=O)NC3=C2C(=O)CCC3)cc(Cl)c1OCc1ccccc1F. The smallest absolute Gasteiger partial charge is 0.180 e. The van der Waals surface area contributed by atoms with E-state index in [1.54, 1.807) is 30.3 Å². The van der Waals surface area contributed by atoms with Crippen LogP contribution < -0.4 is 14.8 Å². The van der Waals surface area contributed by atoms with Crippen LogP contribution in [0.25, 0.3) is 0 Å². The summed E-state index contributed by atoms with van der Waals surface area (Å²) in [6.45, 7) is -0.0168. The Bertz CT molecular complexity index is 1210. The lowest BCUT2D eigenvalue weighted by molar-refractivity contribution is -0.116. The molecule has 0 spiro atoms. The number of nitrogens with one attached hydrogen (secondary N) is 1. The maximum atomic E-state index is 14.0. The van der Waals surface area contributed by atoms with Gasteiger partial charge in [-0.3, -0.25) is 9.59 Å². The fourth-order valence-corrected chi connectivity index (χ4v) is 5.40. The van der Waals surface area contributed by atoms with Crippen LogP contribution in [0, 0.1) is 5.82 Å². The summed E-state index contributed by atoms with van der Waals surface area (Å²) in [6.07, 6.45) is 4.06. The topological polar surface area (TPSA) is 64.6 Å². The summed E-state index contributed by atoms with van der Waals surface area (Å²) < 4.78 is 25.5. The Morgan fingerprint density at radius 3 is 2.26 bits per heavy atom. The van der Waals surface area contributed by atoms with E-state index in [0.29, 0.717) is 46.6 Å². The number of rotatable bonds is 5. The maximum Gasteiger partial charge on any atom is 0.180 e. The van der Waals surface area contributed by atoms with Gasteiger partial charge in [0.2, 0.25) is 0 Å². The molecule has 176 valence electrons. The third kappa shape index (κ3) is 4.00. The van der Waals surface area contributed by atoms with Crippen LogP contribution >= 0.6 is 11.6 Å². The molecule has 0 bridgehead atoms. The zero-order chi connectivity index (χ0) is 23.8. The number of hydrogen-bond acceptors (Lipinski definition) is 5. The average molecular weight is 482 g/mol. The van der Waals surface area contributed by atoms with Crippen molar-refractivity contribution in [1.29, 1.82) is 0 Å². The number of ketones is 2. The van der Waals surface area contributed by atoms with E-state index in [4.69, 9.17) is 21.1 Å². The molecule has 0 atom stereocenters. The molecule has 1 aliphatic heterocycles. The summed E-state index contributed by atoms with van der Waals surface area (Å²) in [4.78, 5) is 26.1. The summed E-state index contributed by atoms with van der Waals surface area (Å²) in [5, 5.41) is 3.69. The molecule has 1 heterocycles. The quantitative estimate of drug-likeness (QED) is 0.587. The van der Waals surface area contributed by atoms with E-state index < -0.39 is 5.92 Å². The van der Waals surface area contributed by atoms with Crippen molar-refractivity contribution in [2.24, 2.45) is 0 Å². The highest BCUT2D eigenvalue weighted by atomic mass is 35.5. The summed E-state index contributed by atoms with van der Waals surface area (Å²) in [7, 11) is 1.50. The molecule has 7 heteroatoms. The minimum Gasteiger partial charge on any atom is -0.493 e. The van der Waals surface area contributed by atoms with Gasteiger partial charge in [-0.25, -0.2) is 4.39 Å². The van der Waals surface area contributed by atoms with Crippen LogP contribution in [0.4, 0.5) is 4.39 Å². The van der Waals surface area contributed by atoms with Crippen molar-refractivity contribution in [3.8, 4) is 11.5 Å². The molecule has 2 aliphatic carbocycles. The van der Waals surface area contributed by atoms with Crippen LogP contribution in [0.2, 0.25) is 5.02 Å². The average Bonchev–Trinajstić information content (AvgIpc) is 2.83. The second kappa shape index (κ2) is 9.26. The Hall–Kier alpha value is -3.12. The number of benzene rings is 2. The fourth-order valence-electron chi connectivity index (χ4n) is 5.13. The lowest BCUT2D eigenvalue weighted by atomic mass is 9.71. The molecular formula is C27H25ClFNO4. The highest BCUT2D eigenvalue weighted by Crippen LogP contribution is 2.48. The van der Waals surface area contributed by atoms with Gasteiger partial charge in [-0.2, -0.15) is 0 Å². The van der Waals surface area contributed by atoms with Gasteiger partial charge in [0, 0.05) is 46.9 Å². The van der Waals surface area contributed by atoms with E-state index in [1.165, 1.54) is 13.2 Å². The predicted molar refractivity (Wildman–Crippen MR) is 126 cm³/mol. The van der Waals surface area contributed by atoms with E-state index in [-0.39, 0.29) is 29.0 Å². The number of halogens is 2. The number of allylic oxidation sites excluding steroid dienone is 4. The Morgan fingerprint density at radius 1 is 1.00 bits per heavy atom. The third-order valence-corrected chi connectivity index (χ3v) is 6.99. The van der Waals surface area contributed by atoms with Crippen molar-refractivity contribution < 1.29 is 23.5 Å². The Morgan fingerprint density at radius 2 is 1.65 bits per heavy atom. The molecule has 0 amide bonds. The second-order valence-electron chi connectivity index (χ2n) is 8.81. The zero-order valence-electron chi connectivity index (χ0n) is 18.9. The molecule has 5 rings (SSSR count). The number of Topliss-reactive ketones (excluding diaryl/α,β-unsaturated/α-hetero) is 2. The fraction of sp³-hybridized carbons (Fsp3) is 0.333. The normalized spacial score (nSPS) is 18.4. The van der Waals surface area contributed by atoms with Gasteiger partial charge < -0.3 is 14.8 Å². The minimum absolute atomic E-state index is 0.0168. The van der Waals surface area contributed by atoms with Gasteiger partial charge in [0.15, 0.2) is 23.1 Å². The van der Waals surface area contributed by atoms with Crippen LogP contribution in [0.15, 0.2) is 58.9 Å². The molecule has 3 aliphatic rings. The van der Waals surface area contributed by atoms with Gasteiger partial charge in [-0.15, -0.1) is 0 Å². The number of dihydropyridines is 1. The number of methoxy groups -OCH3 is 1. The van der Waals surface area contributed by atoms with E-state index in [0.717, 1.165) is 37.1 Å². The van der Waals surface area contributed by atoms with Crippen molar-refractivity contribution in [3.63, 3.8) is 0 Å². The van der Waals surface area contributed by atoms with Gasteiger partial charge >= 0.3 is 0 Å². The Kier molecular flexibility index (Phi) is 6.17. The molecule has 0 aromatic heterocycles. The molecule has 34 heavy (non-hydrogen) atoms. The molecule has 0 unspecified atom stereocenters. The Labute approximate surface area is 202 Å². The number of carbonyl (C=O) groups is 2. The van der Waals surface area contributed by atoms with Crippen molar-refractivity contribution in [2.45, 2.75) is 51.0 Å². The maximum absolute atomic E-state index is 14.0. The summed E-state index contributed by atoms with van der Waals surface area (Å²) >= 11 is 6.65. The molecule has 1 N–H and O–H groups in total. The standard InChI is InChI=1S/C27H25ClFNO4/c1-33-23-13-16(12-17(28)27(23)34-14-15-6-2-3-7-18(15)29)24-25-19(8-4-10-21(25)31)30-20-9-5-11-22(32)26(20)24/h2-3,6-7,12-13,24,30H,4-5,8-11,14H2,1H3. The van der Waals surface area contributed by atoms with Crippen molar-refractivity contribution in [1.82, 2.24) is 5.32 Å². The van der Waals surface area contributed by atoms with Gasteiger partial charge in [0.1, 0.15) is 12.4 Å². The van der Waals surface area contributed by atoms with Crippen LogP contribution in [-0.2, 0) is 16.2 Å². The monoisotopic (exact) mass is 481 g/mol.